The summed E-state index contributed by atoms with van der Waals surface area (Å²) in [4.78, 5) is 58.5. The summed E-state index contributed by atoms with van der Waals surface area (Å²) in [5.74, 6) is -3.62. The van der Waals surface area contributed by atoms with Gasteiger partial charge >= 0.3 is 12.0 Å². The first-order valence-corrected chi connectivity index (χ1v) is 12.0. The average molecular weight is 527 g/mol. The number of halogens is 1. The first kappa shape index (κ1) is 26.7. The maximum absolute atomic E-state index is 14.7. The molecular weight excluding hydrogens is 499 g/mol. The van der Waals surface area contributed by atoms with Gasteiger partial charge in [-0.3, -0.25) is 24.6 Å². The average Bonchev–Trinajstić information content (AvgIpc) is 3.38. The first-order chi connectivity index (χ1) is 18.3. The van der Waals surface area contributed by atoms with Crippen molar-refractivity contribution < 1.29 is 33.8 Å². The van der Waals surface area contributed by atoms with Crippen LogP contribution < -0.4 is 10.6 Å². The molecule has 200 valence electrons. The number of nitrogens with one attached hydrogen (secondary N) is 3. The zero-order valence-corrected chi connectivity index (χ0v) is 20.3. The summed E-state index contributed by atoms with van der Waals surface area (Å²) in [6, 6.07) is 8.41. The van der Waals surface area contributed by atoms with Crippen molar-refractivity contribution in [2.75, 3.05) is 38.0 Å². The molecule has 4 rings (SSSR count). The summed E-state index contributed by atoms with van der Waals surface area (Å²) in [6.07, 6.45) is 1.30. The zero-order valence-electron chi connectivity index (χ0n) is 20.3. The minimum atomic E-state index is -0.987. The number of piperazine rings is 1. The Morgan fingerprint density at radius 2 is 1.82 bits per heavy atom. The Kier molecular flexibility index (Phi) is 8.28. The maximum atomic E-state index is 14.7. The minimum Gasteiger partial charge on any atom is -0.481 e. The van der Waals surface area contributed by atoms with Crippen molar-refractivity contribution >= 4 is 40.4 Å². The third-order valence-electron chi connectivity index (χ3n) is 6.23. The summed E-state index contributed by atoms with van der Waals surface area (Å²) in [5, 5.41) is 24.0. The fraction of sp³-hybridized carbons (Fsp3) is 0.320. The molecule has 3 heterocycles. The molecule has 0 spiro atoms. The molecule has 12 nitrogen and oxygen atoms in total. The molecule has 3 aromatic rings. The highest BCUT2D eigenvalue weighted by Crippen LogP contribution is 2.27. The van der Waals surface area contributed by atoms with E-state index in [-0.39, 0.29) is 54.8 Å². The number of aliphatic carboxylic acids is 1. The van der Waals surface area contributed by atoms with Gasteiger partial charge in [0.1, 0.15) is 6.23 Å². The number of carbonyl (C=O) groups is 4. The Labute approximate surface area is 216 Å². The SMILES string of the molecule is O=C(O)CCCNC(=O)Nc1ncc(F)c2c(C(=O)C(=O)N3CCN(C(O)c4ccccc4)CC3)c[nH]c12. The van der Waals surface area contributed by atoms with Gasteiger partial charge in [0.05, 0.1) is 22.7 Å². The maximum Gasteiger partial charge on any atom is 0.320 e. The number of H-pyrrole nitrogens is 1. The van der Waals surface area contributed by atoms with E-state index >= 15 is 0 Å². The summed E-state index contributed by atoms with van der Waals surface area (Å²) in [7, 11) is 0. The lowest BCUT2D eigenvalue weighted by Crippen LogP contribution is -2.51. The van der Waals surface area contributed by atoms with E-state index in [1.165, 1.54) is 11.1 Å². The number of ketones is 1. The Hall–Kier alpha value is -4.36. The molecule has 1 aromatic carbocycles. The molecule has 1 atom stereocenters. The highest BCUT2D eigenvalue weighted by Gasteiger charge is 2.31. The number of aromatic amines is 1. The number of urea groups is 1. The molecule has 1 saturated heterocycles. The molecule has 5 N–H and O–H groups in total. The van der Waals surface area contributed by atoms with Gasteiger partial charge in [0.15, 0.2) is 11.6 Å². The number of aromatic nitrogens is 2. The fourth-order valence-electron chi connectivity index (χ4n) is 4.24. The summed E-state index contributed by atoms with van der Waals surface area (Å²) < 4.78 is 14.7. The van der Waals surface area contributed by atoms with Crippen LogP contribution in [0.1, 0.15) is 35.0 Å². The number of benzene rings is 1. The lowest BCUT2D eigenvalue weighted by molar-refractivity contribution is -0.137. The van der Waals surface area contributed by atoms with Crippen molar-refractivity contribution in [1.82, 2.24) is 25.1 Å². The molecule has 0 aliphatic carbocycles. The van der Waals surface area contributed by atoms with Crippen molar-refractivity contribution in [3.8, 4) is 0 Å². The number of carboxylic acid groups (broad SMARTS) is 1. The topological polar surface area (TPSA) is 168 Å². The monoisotopic (exact) mass is 526 g/mol. The van der Waals surface area contributed by atoms with Crippen molar-refractivity contribution in [2.45, 2.75) is 19.1 Å². The number of amides is 3. The zero-order chi connectivity index (χ0) is 27.2. The second-order valence-corrected chi connectivity index (χ2v) is 8.73. The molecule has 3 amide bonds. The summed E-state index contributed by atoms with van der Waals surface area (Å²) in [5.41, 5.74) is 0.559. The highest BCUT2D eigenvalue weighted by molar-refractivity contribution is 6.45. The number of anilines is 1. The van der Waals surface area contributed by atoms with Crippen LogP contribution in [0.3, 0.4) is 0 Å². The van der Waals surface area contributed by atoms with Gasteiger partial charge in [-0.1, -0.05) is 30.3 Å². The normalized spacial score (nSPS) is 14.7. The van der Waals surface area contributed by atoms with E-state index in [2.05, 4.69) is 20.6 Å². The van der Waals surface area contributed by atoms with E-state index < -0.39 is 35.7 Å². The quantitative estimate of drug-likeness (QED) is 0.160. The van der Waals surface area contributed by atoms with Crippen LogP contribution in [0.2, 0.25) is 0 Å². The number of carbonyl (C=O) groups excluding carboxylic acids is 3. The second kappa shape index (κ2) is 11.8. The van der Waals surface area contributed by atoms with Gasteiger partial charge in [0.25, 0.3) is 11.7 Å². The number of nitrogens with zero attached hydrogens (tertiary/aromatic N) is 3. The van der Waals surface area contributed by atoms with Crippen molar-refractivity contribution in [2.24, 2.45) is 0 Å². The van der Waals surface area contributed by atoms with Crippen LogP contribution in [-0.4, -0.2) is 86.4 Å². The molecule has 1 aliphatic heterocycles. The molecule has 0 radical (unpaired) electrons. The lowest BCUT2D eigenvalue weighted by Gasteiger charge is -2.37. The van der Waals surface area contributed by atoms with E-state index in [0.29, 0.717) is 13.1 Å². The van der Waals surface area contributed by atoms with Crippen LogP contribution in [0.15, 0.2) is 42.7 Å². The van der Waals surface area contributed by atoms with Crippen LogP contribution in [0, 0.1) is 5.82 Å². The van der Waals surface area contributed by atoms with Crippen LogP contribution in [0.5, 0.6) is 0 Å². The highest BCUT2D eigenvalue weighted by atomic mass is 19.1. The van der Waals surface area contributed by atoms with Gasteiger partial charge in [-0.15, -0.1) is 0 Å². The van der Waals surface area contributed by atoms with E-state index in [0.717, 1.165) is 11.8 Å². The number of aliphatic hydroxyl groups is 1. The van der Waals surface area contributed by atoms with E-state index in [9.17, 15) is 28.7 Å². The number of pyridine rings is 1. The second-order valence-electron chi connectivity index (χ2n) is 8.73. The number of Topliss-reactive ketones (excluding diaryl/α,β-unsaturated/α-hetero) is 1. The van der Waals surface area contributed by atoms with Gasteiger partial charge in [0.2, 0.25) is 0 Å². The number of carboxylic acids is 1. The predicted molar refractivity (Wildman–Crippen MR) is 134 cm³/mol. The molecule has 1 fully saturated rings. The molecular formula is C25H27FN6O6. The summed E-state index contributed by atoms with van der Waals surface area (Å²) in [6.45, 7) is 1.19. The number of rotatable bonds is 9. The third kappa shape index (κ3) is 5.95. The third-order valence-corrected chi connectivity index (χ3v) is 6.23. The Morgan fingerprint density at radius 3 is 2.50 bits per heavy atom. The Morgan fingerprint density at radius 1 is 1.11 bits per heavy atom. The standard InChI is InChI=1S/C25H27FN6O6/c26-17-14-29-22(30-25(38)27-8-4-7-18(33)34)20-19(17)16(13-28-20)21(35)24(37)32-11-9-31(10-12-32)23(36)15-5-2-1-3-6-15/h1-3,5-6,13-14,23,28,36H,4,7-12H2,(H,33,34)(H2,27,29,30,38). The number of aliphatic hydroxyl groups excluding tert-OH is 1. The molecule has 13 heteroatoms. The Bertz CT molecular complexity index is 1340. The smallest absolute Gasteiger partial charge is 0.320 e. The van der Waals surface area contributed by atoms with Crippen LogP contribution in [0.4, 0.5) is 15.0 Å². The summed E-state index contributed by atoms with van der Waals surface area (Å²) >= 11 is 0. The van der Waals surface area contributed by atoms with Gasteiger partial charge in [0, 0.05) is 45.3 Å². The fourth-order valence-corrected chi connectivity index (χ4v) is 4.24. The number of hydrogen-bond donors (Lipinski definition) is 5. The molecule has 0 saturated carbocycles. The Balaban J connectivity index is 1.41. The van der Waals surface area contributed by atoms with E-state index in [1.54, 1.807) is 17.0 Å². The van der Waals surface area contributed by atoms with Gasteiger partial charge in [-0.2, -0.15) is 0 Å². The van der Waals surface area contributed by atoms with Gasteiger partial charge < -0.3 is 25.4 Å². The van der Waals surface area contributed by atoms with Crippen molar-refractivity contribution in [3.05, 3.63) is 59.7 Å². The lowest BCUT2D eigenvalue weighted by atomic mass is 10.1. The van der Waals surface area contributed by atoms with Crippen molar-refractivity contribution in [1.29, 1.82) is 0 Å². The van der Waals surface area contributed by atoms with Crippen LogP contribution in [-0.2, 0) is 9.59 Å². The van der Waals surface area contributed by atoms with E-state index in [4.69, 9.17) is 5.11 Å². The molecule has 0 bridgehead atoms. The molecule has 1 unspecified atom stereocenters. The molecule has 1 aliphatic rings. The number of hydrogen-bond acceptors (Lipinski definition) is 7. The van der Waals surface area contributed by atoms with Crippen LogP contribution in [0.25, 0.3) is 10.9 Å². The predicted octanol–water partition coefficient (Wildman–Crippen LogP) is 1.71. The van der Waals surface area contributed by atoms with Crippen molar-refractivity contribution in [3.63, 3.8) is 0 Å². The van der Waals surface area contributed by atoms with E-state index in [1.807, 2.05) is 18.2 Å². The molecule has 38 heavy (non-hydrogen) atoms. The van der Waals surface area contributed by atoms with Gasteiger partial charge in [-0.05, 0) is 12.0 Å². The molecule has 2 aromatic heterocycles. The first-order valence-electron chi connectivity index (χ1n) is 12.0. The van der Waals surface area contributed by atoms with Crippen LogP contribution >= 0.6 is 0 Å². The largest absolute Gasteiger partial charge is 0.481 e. The van der Waals surface area contributed by atoms with Gasteiger partial charge in [-0.25, -0.2) is 14.2 Å². The minimum absolute atomic E-state index is 0.0256. The number of fused-ring (bicyclic) bond motifs is 1.